The second-order valence-corrected chi connectivity index (χ2v) is 7.89. The van der Waals surface area contributed by atoms with E-state index in [2.05, 4.69) is 56.2 Å². The fourth-order valence-corrected chi connectivity index (χ4v) is 3.97. The summed E-state index contributed by atoms with van der Waals surface area (Å²) in [4.78, 5) is 14.9. The highest BCUT2D eigenvalue weighted by molar-refractivity contribution is 5.95. The molecule has 1 amide bonds. The largest absolute Gasteiger partial charge is 0.466 e. The van der Waals surface area contributed by atoms with Crippen LogP contribution in [-0.4, -0.2) is 38.7 Å². The summed E-state index contributed by atoms with van der Waals surface area (Å²) >= 11 is 0. The van der Waals surface area contributed by atoms with Crippen LogP contribution in [0.4, 0.5) is 0 Å². The van der Waals surface area contributed by atoms with Crippen LogP contribution in [-0.2, 0) is 32.5 Å². The number of carbonyl (C=O) groups excluding carboxylic acids is 1. The van der Waals surface area contributed by atoms with Crippen molar-refractivity contribution in [2.24, 2.45) is 0 Å². The van der Waals surface area contributed by atoms with Gasteiger partial charge in [-0.05, 0) is 37.5 Å². The van der Waals surface area contributed by atoms with Crippen molar-refractivity contribution in [3.8, 4) is 0 Å². The molecule has 7 heteroatoms. The molecule has 2 aromatic heterocycles. The van der Waals surface area contributed by atoms with E-state index >= 15 is 0 Å². The van der Waals surface area contributed by atoms with Crippen molar-refractivity contribution in [1.82, 2.24) is 25.0 Å². The van der Waals surface area contributed by atoms with E-state index in [9.17, 15) is 4.79 Å². The van der Waals surface area contributed by atoms with Gasteiger partial charge in [0.05, 0.1) is 12.1 Å². The minimum absolute atomic E-state index is 0.146. The maximum atomic E-state index is 12.5. The number of nitrogens with one attached hydrogen (secondary N) is 1. The van der Waals surface area contributed by atoms with Gasteiger partial charge in [-0.15, -0.1) is 10.2 Å². The van der Waals surface area contributed by atoms with Crippen molar-refractivity contribution < 1.29 is 9.21 Å². The molecule has 0 spiro atoms. The fraction of sp³-hybridized carbons (Fsp3) is 0.435. The molecule has 30 heavy (non-hydrogen) atoms. The summed E-state index contributed by atoms with van der Waals surface area (Å²) in [6.07, 6.45) is 1.92. The zero-order chi connectivity index (χ0) is 21.1. The maximum absolute atomic E-state index is 12.5. The Hall–Kier alpha value is -2.93. The third kappa shape index (κ3) is 4.46. The van der Waals surface area contributed by atoms with Crippen LogP contribution in [0.5, 0.6) is 0 Å². The third-order valence-corrected chi connectivity index (χ3v) is 5.73. The summed E-state index contributed by atoms with van der Waals surface area (Å²) in [5.41, 5.74) is 3.28. The van der Waals surface area contributed by atoms with Crippen molar-refractivity contribution in [1.29, 1.82) is 0 Å². The Morgan fingerprint density at radius 2 is 1.87 bits per heavy atom. The molecule has 1 N–H and O–H groups in total. The predicted molar refractivity (Wildman–Crippen MR) is 114 cm³/mol. The lowest BCUT2D eigenvalue weighted by Gasteiger charge is -2.19. The van der Waals surface area contributed by atoms with Crippen molar-refractivity contribution in [2.45, 2.75) is 53.2 Å². The second-order valence-electron chi connectivity index (χ2n) is 7.89. The van der Waals surface area contributed by atoms with Gasteiger partial charge in [-0.3, -0.25) is 9.69 Å². The number of fused-ring (bicyclic) bond motifs is 1. The summed E-state index contributed by atoms with van der Waals surface area (Å²) in [6.45, 7) is 9.82. The molecule has 0 aliphatic carbocycles. The molecule has 0 fully saturated rings. The van der Waals surface area contributed by atoms with Crippen LogP contribution in [0, 0.1) is 13.8 Å². The molecule has 0 radical (unpaired) electrons. The minimum atomic E-state index is -0.146. The molecule has 0 bridgehead atoms. The first-order valence-electron chi connectivity index (χ1n) is 10.6. The van der Waals surface area contributed by atoms with Crippen molar-refractivity contribution >= 4 is 5.91 Å². The SMILES string of the molecule is CCc1ccc(CN2CCc3nnc(CNC(=O)c4cc(C)oc4C)n3CC2)cc1. The Kier molecular flexibility index (Phi) is 5.99. The van der Waals surface area contributed by atoms with Crippen LogP contribution < -0.4 is 5.32 Å². The topological polar surface area (TPSA) is 76.2 Å². The average Bonchev–Trinajstić information content (AvgIpc) is 3.23. The van der Waals surface area contributed by atoms with Crippen molar-refractivity contribution in [3.05, 3.63) is 70.2 Å². The first-order valence-corrected chi connectivity index (χ1v) is 10.6. The molecule has 158 valence electrons. The average molecular weight is 408 g/mol. The number of aryl methyl sites for hydroxylation is 3. The van der Waals surface area contributed by atoms with Gasteiger partial charge in [-0.25, -0.2) is 0 Å². The van der Waals surface area contributed by atoms with E-state index in [4.69, 9.17) is 4.42 Å². The fourth-order valence-electron chi connectivity index (χ4n) is 3.97. The zero-order valence-corrected chi connectivity index (χ0v) is 17.9. The lowest BCUT2D eigenvalue weighted by molar-refractivity contribution is 0.0948. The minimum Gasteiger partial charge on any atom is -0.466 e. The number of furan rings is 1. The molecule has 0 atom stereocenters. The van der Waals surface area contributed by atoms with Crippen LogP contribution in [0.25, 0.3) is 0 Å². The Labute approximate surface area is 177 Å². The highest BCUT2D eigenvalue weighted by Crippen LogP contribution is 2.15. The standard InChI is InChI=1S/C23H29N5O2/c1-4-18-5-7-19(8-6-18)15-27-10-9-21-25-26-22(28(21)12-11-27)14-24-23(29)20-13-16(2)30-17(20)3/h5-8,13H,4,9-12,14-15H2,1-3H3,(H,24,29). The smallest absolute Gasteiger partial charge is 0.255 e. The molecule has 7 nitrogen and oxygen atoms in total. The molecule has 0 saturated heterocycles. The Bertz CT molecular complexity index is 1020. The van der Waals surface area contributed by atoms with Crippen molar-refractivity contribution in [2.75, 3.05) is 13.1 Å². The maximum Gasteiger partial charge on any atom is 0.255 e. The first kappa shape index (κ1) is 20.3. The van der Waals surface area contributed by atoms with Gasteiger partial charge in [-0.2, -0.15) is 0 Å². The lowest BCUT2D eigenvalue weighted by Crippen LogP contribution is -2.28. The molecule has 0 unspecified atom stereocenters. The number of carbonyl (C=O) groups is 1. The monoisotopic (exact) mass is 407 g/mol. The highest BCUT2D eigenvalue weighted by Gasteiger charge is 2.20. The second kappa shape index (κ2) is 8.83. The van der Waals surface area contributed by atoms with E-state index < -0.39 is 0 Å². The molecular formula is C23H29N5O2. The number of rotatable bonds is 6. The molecule has 1 aliphatic heterocycles. The molecule has 4 rings (SSSR count). The predicted octanol–water partition coefficient (Wildman–Crippen LogP) is 3.04. The molecule has 1 aliphatic rings. The third-order valence-electron chi connectivity index (χ3n) is 5.73. The van der Waals surface area contributed by atoms with Gasteiger partial charge in [0.25, 0.3) is 5.91 Å². The molecule has 3 aromatic rings. The molecule has 0 saturated carbocycles. The van der Waals surface area contributed by atoms with Crippen molar-refractivity contribution in [3.63, 3.8) is 0 Å². The summed E-state index contributed by atoms with van der Waals surface area (Å²) in [5.74, 6) is 3.00. The van der Waals surface area contributed by atoms with Gasteiger partial charge >= 0.3 is 0 Å². The number of aromatic nitrogens is 3. The molecular weight excluding hydrogens is 378 g/mol. The quantitative estimate of drug-likeness (QED) is 0.680. The summed E-state index contributed by atoms with van der Waals surface area (Å²) in [7, 11) is 0. The number of hydrogen-bond acceptors (Lipinski definition) is 5. The first-order chi connectivity index (χ1) is 14.5. The van der Waals surface area contributed by atoms with Gasteiger partial charge in [0.1, 0.15) is 17.3 Å². The highest BCUT2D eigenvalue weighted by atomic mass is 16.3. The van der Waals surface area contributed by atoms with Gasteiger partial charge in [-0.1, -0.05) is 31.2 Å². The van der Waals surface area contributed by atoms with E-state index in [1.807, 2.05) is 6.92 Å². The lowest BCUT2D eigenvalue weighted by atomic mass is 10.1. The number of amides is 1. The number of hydrogen-bond donors (Lipinski definition) is 1. The summed E-state index contributed by atoms with van der Waals surface area (Å²) in [6, 6.07) is 10.6. The Balaban J connectivity index is 1.36. The van der Waals surface area contributed by atoms with E-state index in [1.165, 1.54) is 11.1 Å². The van der Waals surface area contributed by atoms with E-state index in [1.54, 1.807) is 13.0 Å². The van der Waals surface area contributed by atoms with Crippen LogP contribution >= 0.6 is 0 Å². The molecule has 3 heterocycles. The van der Waals surface area contributed by atoms with Crippen LogP contribution in [0.15, 0.2) is 34.7 Å². The van der Waals surface area contributed by atoms with E-state index in [0.717, 1.165) is 56.4 Å². The zero-order valence-electron chi connectivity index (χ0n) is 17.9. The molecule has 1 aromatic carbocycles. The van der Waals surface area contributed by atoms with Gasteiger partial charge in [0.2, 0.25) is 0 Å². The van der Waals surface area contributed by atoms with Crippen LogP contribution in [0.2, 0.25) is 0 Å². The van der Waals surface area contributed by atoms with Gasteiger partial charge in [0, 0.05) is 32.6 Å². The van der Waals surface area contributed by atoms with Crippen LogP contribution in [0.1, 0.15) is 51.6 Å². The van der Waals surface area contributed by atoms with Crippen LogP contribution in [0.3, 0.4) is 0 Å². The number of benzene rings is 1. The van der Waals surface area contributed by atoms with Gasteiger partial charge < -0.3 is 14.3 Å². The van der Waals surface area contributed by atoms with Gasteiger partial charge in [0.15, 0.2) is 5.82 Å². The Morgan fingerprint density at radius 3 is 2.57 bits per heavy atom. The van der Waals surface area contributed by atoms with E-state index in [-0.39, 0.29) is 5.91 Å². The summed E-state index contributed by atoms with van der Waals surface area (Å²) < 4.78 is 7.60. The Morgan fingerprint density at radius 1 is 1.10 bits per heavy atom. The summed E-state index contributed by atoms with van der Waals surface area (Å²) in [5, 5.41) is 11.6. The van der Waals surface area contributed by atoms with E-state index in [0.29, 0.717) is 17.9 Å². The normalized spacial score (nSPS) is 14.4. The number of nitrogens with zero attached hydrogens (tertiary/aromatic N) is 4.